The Balaban J connectivity index is 2.33. The van der Waals surface area contributed by atoms with E-state index in [4.69, 9.17) is 5.21 Å². The molecule has 54 valence electrons. The molecule has 0 saturated carbocycles. The van der Waals surface area contributed by atoms with Gasteiger partial charge in [-0.15, -0.1) is 6.54 Å². The molecule has 1 saturated heterocycles. The summed E-state index contributed by atoms with van der Waals surface area (Å²) in [7, 11) is 0. The Bertz CT molecular complexity index is 102. The molecule has 0 spiro atoms. The number of nitrogens with zero attached hydrogens (tertiary/aromatic N) is 2. The Labute approximate surface area is 53.5 Å². The molecule has 0 aromatic carbocycles. The van der Waals surface area contributed by atoms with Crippen LogP contribution in [0.15, 0.2) is 0 Å². The predicted molar refractivity (Wildman–Crippen MR) is 30.0 cm³/mol. The molecule has 0 amide bonds. The summed E-state index contributed by atoms with van der Waals surface area (Å²) in [5, 5.41) is 18.0. The van der Waals surface area contributed by atoms with Crippen LogP contribution < -0.4 is 5.34 Å². The lowest BCUT2D eigenvalue weighted by molar-refractivity contribution is -1.50. The van der Waals surface area contributed by atoms with Crippen molar-refractivity contribution in [2.75, 3.05) is 19.6 Å². The van der Waals surface area contributed by atoms with Gasteiger partial charge in [-0.3, -0.25) is 0 Å². The quantitative estimate of drug-likeness (QED) is 0.289. The number of hydrogen-bond donors (Lipinski definition) is 2. The van der Waals surface area contributed by atoms with E-state index in [1.54, 1.807) is 0 Å². The Morgan fingerprint density at radius 1 is 1.78 bits per heavy atom. The van der Waals surface area contributed by atoms with Crippen molar-refractivity contribution >= 4 is 0 Å². The number of nitrogens with one attached hydrogen (secondary N) is 1. The highest BCUT2D eigenvalue weighted by molar-refractivity contribution is 4.63. The number of quaternary nitrogens is 2. The zero-order valence-electron chi connectivity index (χ0n) is 5.37. The standard InChI is InChI=1S/C4H11N3O2/c1-2-5-7(3-4-7)6(8)9/h6,8H,2-4H2,1H3. The minimum atomic E-state index is -0.822. The van der Waals surface area contributed by atoms with Crippen LogP contribution in [0, 0.1) is 5.21 Å². The summed E-state index contributed by atoms with van der Waals surface area (Å²) in [6.07, 6.45) is 0. The molecule has 0 radical (unpaired) electrons. The van der Waals surface area contributed by atoms with E-state index in [2.05, 4.69) is 5.43 Å². The number of hydrogen-bond acceptors (Lipinski definition) is 2. The van der Waals surface area contributed by atoms with Gasteiger partial charge in [0.2, 0.25) is 0 Å². The lowest BCUT2D eigenvalue weighted by Crippen LogP contribution is -3.13. The smallest absolute Gasteiger partial charge is 0.169 e. The molecular weight excluding hydrogens is 122 g/mol. The highest BCUT2D eigenvalue weighted by Gasteiger charge is 2.41. The van der Waals surface area contributed by atoms with Crippen LogP contribution in [-0.4, -0.2) is 29.5 Å². The summed E-state index contributed by atoms with van der Waals surface area (Å²) in [4.78, 5) is 0. The van der Waals surface area contributed by atoms with Crippen LogP contribution in [0.1, 0.15) is 6.92 Å². The largest absolute Gasteiger partial charge is 0.550 e. The molecule has 1 aliphatic heterocycles. The Kier molecular flexibility index (Phi) is 1.69. The molecular formula is C4H11N3O2. The third-order valence-electron chi connectivity index (χ3n) is 1.42. The maximum absolute atomic E-state index is 10.4. The Morgan fingerprint density at radius 2 is 2.33 bits per heavy atom. The zero-order chi connectivity index (χ0) is 6.91. The van der Waals surface area contributed by atoms with Crippen LogP contribution in [-0.2, 0) is 0 Å². The van der Waals surface area contributed by atoms with Crippen molar-refractivity contribution in [2.45, 2.75) is 6.92 Å². The van der Waals surface area contributed by atoms with Gasteiger partial charge in [-0.1, -0.05) is 12.3 Å². The fraction of sp³-hybridized carbons (Fsp3) is 1.00. The lowest BCUT2D eigenvalue weighted by atomic mass is 10.8. The summed E-state index contributed by atoms with van der Waals surface area (Å²) in [6.45, 7) is 3.78. The van der Waals surface area contributed by atoms with Crippen LogP contribution in [0.5, 0.6) is 0 Å². The molecule has 2 N–H and O–H groups in total. The summed E-state index contributed by atoms with van der Waals surface area (Å²) >= 11 is 0. The van der Waals surface area contributed by atoms with Crippen LogP contribution in [0.4, 0.5) is 0 Å². The highest BCUT2D eigenvalue weighted by Crippen LogP contribution is 2.17. The second-order valence-electron chi connectivity index (χ2n) is 2.11. The molecule has 1 fully saturated rings. The second-order valence-corrected chi connectivity index (χ2v) is 2.11. The van der Waals surface area contributed by atoms with Gasteiger partial charge in [-0.25, -0.2) is 0 Å². The second kappa shape index (κ2) is 2.20. The third-order valence-corrected chi connectivity index (χ3v) is 1.42. The molecule has 1 unspecified atom stereocenters. The summed E-state index contributed by atoms with van der Waals surface area (Å²) in [5.41, 5.74) is 3.91. The van der Waals surface area contributed by atoms with Gasteiger partial charge in [0.1, 0.15) is 0 Å². The van der Waals surface area contributed by atoms with Crippen molar-refractivity contribution in [3.63, 3.8) is 0 Å². The van der Waals surface area contributed by atoms with E-state index in [-0.39, 0.29) is 4.70 Å². The zero-order valence-corrected chi connectivity index (χ0v) is 5.37. The van der Waals surface area contributed by atoms with E-state index >= 15 is 0 Å². The Morgan fingerprint density at radius 3 is 2.44 bits per heavy atom. The van der Waals surface area contributed by atoms with Crippen LogP contribution in [0.3, 0.4) is 0 Å². The molecule has 0 bridgehead atoms. The van der Waals surface area contributed by atoms with Crippen LogP contribution in [0.25, 0.3) is 5.43 Å². The lowest BCUT2D eigenvalue weighted by Gasteiger charge is -2.32. The first-order valence-corrected chi connectivity index (χ1v) is 3.01. The van der Waals surface area contributed by atoms with Gasteiger partial charge in [-0.05, 0) is 0 Å². The van der Waals surface area contributed by atoms with E-state index in [0.29, 0.717) is 19.6 Å². The third kappa shape index (κ3) is 1.20. The summed E-state index contributed by atoms with van der Waals surface area (Å²) in [6, 6.07) is 0. The molecule has 1 atom stereocenters. The van der Waals surface area contributed by atoms with E-state index in [1.165, 1.54) is 0 Å². The maximum Gasteiger partial charge on any atom is 0.169 e. The highest BCUT2D eigenvalue weighted by atomic mass is 16.9. The van der Waals surface area contributed by atoms with Gasteiger partial charge >= 0.3 is 0 Å². The molecule has 9 heavy (non-hydrogen) atoms. The van der Waals surface area contributed by atoms with Crippen molar-refractivity contribution in [1.29, 1.82) is 0 Å². The minimum absolute atomic E-state index is 0.0590. The summed E-state index contributed by atoms with van der Waals surface area (Å²) in [5.74, 6) is 0. The minimum Gasteiger partial charge on any atom is -0.550 e. The fourth-order valence-corrected chi connectivity index (χ4v) is 0.759. The first-order chi connectivity index (χ1) is 4.21. The van der Waals surface area contributed by atoms with E-state index < -0.39 is 5.34 Å². The van der Waals surface area contributed by atoms with Crippen molar-refractivity contribution in [3.05, 3.63) is 10.6 Å². The average molecular weight is 133 g/mol. The van der Waals surface area contributed by atoms with Gasteiger partial charge in [-0.2, -0.15) is 9.91 Å². The molecule has 1 rings (SSSR count). The van der Waals surface area contributed by atoms with E-state index in [1.807, 2.05) is 6.92 Å². The number of rotatable bonds is 3. The topological polar surface area (TPSA) is 61.8 Å². The van der Waals surface area contributed by atoms with E-state index in [9.17, 15) is 5.21 Å². The molecule has 0 aromatic heterocycles. The Hall–Kier alpha value is -0.200. The van der Waals surface area contributed by atoms with Gasteiger partial charge in [0.25, 0.3) is 0 Å². The first kappa shape index (κ1) is 6.91. The molecule has 0 aromatic rings. The molecule has 5 nitrogen and oxygen atoms in total. The van der Waals surface area contributed by atoms with Gasteiger partial charge in [0.15, 0.2) is 13.1 Å². The first-order valence-electron chi connectivity index (χ1n) is 3.01. The molecule has 0 aliphatic carbocycles. The van der Waals surface area contributed by atoms with Gasteiger partial charge in [0.05, 0.1) is 0 Å². The van der Waals surface area contributed by atoms with Crippen LogP contribution >= 0.6 is 0 Å². The predicted octanol–water partition coefficient (Wildman–Crippen LogP) is -1.19. The van der Waals surface area contributed by atoms with Crippen molar-refractivity contribution < 1.29 is 15.2 Å². The molecule has 1 aliphatic rings. The van der Waals surface area contributed by atoms with Crippen molar-refractivity contribution in [1.82, 2.24) is 0 Å². The fourth-order valence-electron chi connectivity index (χ4n) is 0.759. The monoisotopic (exact) mass is 133 g/mol. The van der Waals surface area contributed by atoms with Crippen molar-refractivity contribution in [3.8, 4) is 0 Å². The average Bonchev–Trinajstić information content (AvgIpc) is 2.49. The van der Waals surface area contributed by atoms with Gasteiger partial charge < -0.3 is 10.6 Å². The SMILES string of the molecule is CC[N-][N+]1([NH+]([O-])O)CC1. The van der Waals surface area contributed by atoms with Crippen molar-refractivity contribution in [2.24, 2.45) is 0 Å². The summed E-state index contributed by atoms with van der Waals surface area (Å²) < 4.78 is -0.0590. The maximum atomic E-state index is 10.4. The van der Waals surface area contributed by atoms with E-state index in [0.717, 1.165) is 0 Å². The molecule has 5 heteroatoms. The molecule has 1 heterocycles. The van der Waals surface area contributed by atoms with Gasteiger partial charge in [0, 0.05) is 0 Å². The van der Waals surface area contributed by atoms with Crippen LogP contribution in [0.2, 0.25) is 0 Å². The normalized spacial score (nSPS) is 25.7.